The number of hydrogen-bond donors (Lipinski definition) is 3. The molecule has 0 saturated heterocycles. The number of nitrogens with zero attached hydrogens (tertiary/aromatic N) is 1. The molecule has 3 N–H and O–H groups in total. The molecule has 0 aliphatic rings. The zero-order valence-electron chi connectivity index (χ0n) is 15.5. The number of aryl methyl sites for hydroxylation is 1. The number of rotatable bonds is 7. The summed E-state index contributed by atoms with van der Waals surface area (Å²) in [6.07, 6.45) is 0. The molecular weight excluding hydrogens is 392 g/mol. The van der Waals surface area contributed by atoms with E-state index in [1.165, 1.54) is 36.0 Å². The SMILES string of the molecule is Cc1ccc(Sc2ccc([N+](=O)[O-])cc2CNc2ccc(O)c(C(=O)O)c2)cc1. The van der Waals surface area contributed by atoms with Gasteiger partial charge in [0, 0.05) is 34.2 Å². The Bertz CT molecular complexity index is 1070. The standard InChI is InChI=1S/C21H18N2O5S/c1-13-2-6-17(7-3-13)29-20-9-5-16(23(27)28)10-14(20)12-22-15-4-8-19(24)18(11-15)21(25)26/h2-11,22,24H,12H2,1H3,(H,25,26). The molecule has 3 rings (SSSR count). The number of carboxylic acids is 1. The Balaban J connectivity index is 1.87. The molecule has 0 aromatic heterocycles. The van der Waals surface area contributed by atoms with Gasteiger partial charge in [0.1, 0.15) is 11.3 Å². The van der Waals surface area contributed by atoms with Gasteiger partial charge in [0.05, 0.1) is 4.92 Å². The van der Waals surface area contributed by atoms with E-state index in [1.807, 2.05) is 31.2 Å². The number of benzene rings is 3. The number of aromatic hydroxyl groups is 1. The Hall–Kier alpha value is -3.52. The van der Waals surface area contributed by atoms with Crippen molar-refractivity contribution in [1.29, 1.82) is 0 Å². The van der Waals surface area contributed by atoms with E-state index in [4.69, 9.17) is 5.11 Å². The number of hydrogen-bond acceptors (Lipinski definition) is 6. The molecule has 3 aromatic carbocycles. The summed E-state index contributed by atoms with van der Waals surface area (Å²) in [7, 11) is 0. The second-order valence-electron chi connectivity index (χ2n) is 6.35. The van der Waals surface area contributed by atoms with Crippen LogP contribution < -0.4 is 5.32 Å². The maximum Gasteiger partial charge on any atom is 0.339 e. The molecule has 0 radical (unpaired) electrons. The number of nitrogens with one attached hydrogen (secondary N) is 1. The highest BCUT2D eigenvalue weighted by atomic mass is 32.2. The average molecular weight is 410 g/mol. The highest BCUT2D eigenvalue weighted by molar-refractivity contribution is 7.99. The van der Waals surface area contributed by atoms with Crippen LogP contribution in [0.3, 0.4) is 0 Å². The van der Waals surface area contributed by atoms with E-state index in [9.17, 15) is 20.0 Å². The van der Waals surface area contributed by atoms with E-state index in [0.29, 0.717) is 11.3 Å². The number of carboxylic acid groups (broad SMARTS) is 1. The highest BCUT2D eigenvalue weighted by Crippen LogP contribution is 2.33. The summed E-state index contributed by atoms with van der Waals surface area (Å²) >= 11 is 1.49. The van der Waals surface area contributed by atoms with Gasteiger partial charge in [0.15, 0.2) is 0 Å². The Morgan fingerprint density at radius 1 is 1.10 bits per heavy atom. The van der Waals surface area contributed by atoms with Crippen LogP contribution in [0.1, 0.15) is 21.5 Å². The number of phenols is 1. The molecule has 29 heavy (non-hydrogen) atoms. The molecule has 0 heterocycles. The van der Waals surface area contributed by atoms with E-state index in [-0.39, 0.29) is 23.5 Å². The topological polar surface area (TPSA) is 113 Å². The van der Waals surface area contributed by atoms with Crippen LogP contribution in [0, 0.1) is 17.0 Å². The van der Waals surface area contributed by atoms with Crippen LogP contribution in [0.15, 0.2) is 70.5 Å². The van der Waals surface area contributed by atoms with Crippen LogP contribution in [-0.2, 0) is 6.54 Å². The van der Waals surface area contributed by atoms with E-state index >= 15 is 0 Å². The molecule has 3 aromatic rings. The first-order valence-electron chi connectivity index (χ1n) is 8.65. The molecule has 0 amide bonds. The summed E-state index contributed by atoms with van der Waals surface area (Å²) in [5, 5.41) is 33.0. The lowest BCUT2D eigenvalue weighted by Gasteiger charge is -2.12. The van der Waals surface area contributed by atoms with Gasteiger partial charge in [-0.15, -0.1) is 0 Å². The predicted molar refractivity (Wildman–Crippen MR) is 111 cm³/mol. The van der Waals surface area contributed by atoms with Crippen molar-refractivity contribution in [3.63, 3.8) is 0 Å². The molecule has 0 fully saturated rings. The van der Waals surface area contributed by atoms with Gasteiger partial charge in [-0.05, 0) is 48.9 Å². The molecule has 0 atom stereocenters. The van der Waals surface area contributed by atoms with Crippen molar-refractivity contribution in [2.45, 2.75) is 23.3 Å². The fourth-order valence-corrected chi connectivity index (χ4v) is 3.59. The van der Waals surface area contributed by atoms with Crippen LogP contribution in [0.4, 0.5) is 11.4 Å². The summed E-state index contributed by atoms with van der Waals surface area (Å²) in [4.78, 5) is 23.8. The highest BCUT2D eigenvalue weighted by Gasteiger charge is 2.14. The third-order valence-electron chi connectivity index (χ3n) is 4.21. The van der Waals surface area contributed by atoms with Gasteiger partial charge >= 0.3 is 5.97 Å². The molecule has 0 bridgehead atoms. The maximum atomic E-state index is 11.2. The lowest BCUT2D eigenvalue weighted by atomic mass is 10.1. The lowest BCUT2D eigenvalue weighted by molar-refractivity contribution is -0.385. The monoisotopic (exact) mass is 410 g/mol. The quantitative estimate of drug-likeness (QED) is 0.283. The second kappa shape index (κ2) is 8.66. The lowest BCUT2D eigenvalue weighted by Crippen LogP contribution is -2.04. The number of nitro groups is 1. The van der Waals surface area contributed by atoms with Gasteiger partial charge in [0.2, 0.25) is 0 Å². The summed E-state index contributed by atoms with van der Waals surface area (Å²) in [6, 6.07) is 16.8. The van der Waals surface area contributed by atoms with Crippen molar-refractivity contribution in [2.75, 3.05) is 5.32 Å². The van der Waals surface area contributed by atoms with Gasteiger partial charge < -0.3 is 15.5 Å². The van der Waals surface area contributed by atoms with Crippen molar-refractivity contribution < 1.29 is 19.9 Å². The van der Waals surface area contributed by atoms with Crippen LogP contribution in [-0.4, -0.2) is 21.1 Å². The number of anilines is 1. The molecule has 7 nitrogen and oxygen atoms in total. The first-order chi connectivity index (χ1) is 13.8. The number of non-ortho nitro benzene ring substituents is 1. The molecule has 8 heteroatoms. The Morgan fingerprint density at radius 2 is 1.83 bits per heavy atom. The van der Waals surface area contributed by atoms with Gasteiger partial charge in [-0.3, -0.25) is 10.1 Å². The van der Waals surface area contributed by atoms with E-state index in [2.05, 4.69) is 5.32 Å². The molecule has 0 spiro atoms. The first kappa shape index (κ1) is 20.2. The summed E-state index contributed by atoms with van der Waals surface area (Å²) in [6.45, 7) is 2.25. The number of carbonyl (C=O) groups is 1. The van der Waals surface area contributed by atoms with Gasteiger partial charge in [-0.1, -0.05) is 29.5 Å². The predicted octanol–water partition coefficient (Wildman–Crippen LogP) is 5.07. The molecule has 0 aliphatic heterocycles. The third-order valence-corrected chi connectivity index (χ3v) is 5.34. The summed E-state index contributed by atoms with van der Waals surface area (Å²) in [5.41, 5.74) is 2.09. The van der Waals surface area contributed by atoms with Gasteiger partial charge in [-0.2, -0.15) is 0 Å². The minimum absolute atomic E-state index is 0.0213. The smallest absolute Gasteiger partial charge is 0.339 e. The fraction of sp³-hybridized carbons (Fsp3) is 0.0952. The molecule has 0 saturated carbocycles. The van der Waals surface area contributed by atoms with Crippen LogP contribution in [0.2, 0.25) is 0 Å². The normalized spacial score (nSPS) is 10.5. The number of aromatic carboxylic acids is 1. The van der Waals surface area contributed by atoms with Crippen LogP contribution >= 0.6 is 11.8 Å². The van der Waals surface area contributed by atoms with E-state index < -0.39 is 10.9 Å². The van der Waals surface area contributed by atoms with E-state index in [0.717, 1.165) is 15.4 Å². The molecular formula is C21H18N2O5S. The first-order valence-corrected chi connectivity index (χ1v) is 9.47. The minimum atomic E-state index is -1.24. The average Bonchev–Trinajstić information content (AvgIpc) is 2.69. The van der Waals surface area contributed by atoms with Crippen LogP contribution in [0.25, 0.3) is 0 Å². The van der Waals surface area contributed by atoms with Crippen molar-refractivity contribution >= 4 is 29.1 Å². The van der Waals surface area contributed by atoms with Gasteiger partial charge in [0.25, 0.3) is 5.69 Å². The Morgan fingerprint density at radius 3 is 2.48 bits per heavy atom. The largest absolute Gasteiger partial charge is 0.507 e. The summed E-state index contributed by atoms with van der Waals surface area (Å²) < 4.78 is 0. The van der Waals surface area contributed by atoms with Crippen molar-refractivity contribution in [2.24, 2.45) is 0 Å². The Labute approximate surface area is 171 Å². The van der Waals surface area contributed by atoms with Crippen LogP contribution in [0.5, 0.6) is 5.75 Å². The molecule has 0 aliphatic carbocycles. The fourth-order valence-electron chi connectivity index (χ4n) is 2.67. The van der Waals surface area contributed by atoms with E-state index in [1.54, 1.807) is 12.1 Å². The molecule has 148 valence electrons. The summed E-state index contributed by atoms with van der Waals surface area (Å²) in [5.74, 6) is -1.56. The third kappa shape index (κ3) is 5.05. The van der Waals surface area contributed by atoms with Crippen molar-refractivity contribution in [3.8, 4) is 5.75 Å². The van der Waals surface area contributed by atoms with Crippen molar-refractivity contribution in [3.05, 3.63) is 87.5 Å². The zero-order valence-corrected chi connectivity index (χ0v) is 16.3. The number of nitro benzene ring substituents is 1. The van der Waals surface area contributed by atoms with Crippen molar-refractivity contribution in [1.82, 2.24) is 0 Å². The van der Waals surface area contributed by atoms with Gasteiger partial charge in [-0.25, -0.2) is 4.79 Å². The zero-order chi connectivity index (χ0) is 21.0. The minimum Gasteiger partial charge on any atom is -0.507 e. The maximum absolute atomic E-state index is 11.2. The second-order valence-corrected chi connectivity index (χ2v) is 7.47. The Kier molecular flexibility index (Phi) is 6.04. The molecule has 0 unspecified atom stereocenters.